The van der Waals surface area contributed by atoms with E-state index in [-0.39, 0.29) is 23.4 Å². The molecule has 0 aliphatic rings. The number of phenolic OH excluding ortho intramolecular Hbond substituents is 2. The summed E-state index contributed by atoms with van der Waals surface area (Å²) >= 11 is 0. The molecule has 0 fully saturated rings. The summed E-state index contributed by atoms with van der Waals surface area (Å²) in [7, 11) is 0. The van der Waals surface area contributed by atoms with Crippen molar-refractivity contribution in [2.75, 3.05) is 13.1 Å². The molecule has 1 unspecified atom stereocenters. The van der Waals surface area contributed by atoms with Crippen LogP contribution in [0.3, 0.4) is 0 Å². The second kappa shape index (κ2) is 6.86. The van der Waals surface area contributed by atoms with E-state index in [1.807, 2.05) is 13.8 Å². The van der Waals surface area contributed by atoms with Gasteiger partial charge in [-0.15, -0.1) is 0 Å². The first-order valence-corrected chi connectivity index (χ1v) is 6.06. The number of amides is 1. The van der Waals surface area contributed by atoms with Crippen LogP contribution in [0.4, 0.5) is 0 Å². The maximum atomic E-state index is 11.2. The molecule has 1 amide bonds. The Labute approximate surface area is 107 Å². The van der Waals surface area contributed by atoms with Gasteiger partial charge in [0.2, 0.25) is 5.91 Å². The molecule has 0 bridgehead atoms. The topological polar surface area (TPSA) is 81.6 Å². The molecule has 4 N–H and O–H groups in total. The van der Waals surface area contributed by atoms with Gasteiger partial charge in [-0.2, -0.15) is 0 Å². The Morgan fingerprint density at radius 2 is 2.11 bits per heavy atom. The zero-order chi connectivity index (χ0) is 13.5. The van der Waals surface area contributed by atoms with Gasteiger partial charge in [-0.1, -0.05) is 6.07 Å². The normalized spacial score (nSPS) is 12.1. The van der Waals surface area contributed by atoms with E-state index in [1.54, 1.807) is 6.07 Å². The van der Waals surface area contributed by atoms with Crippen molar-refractivity contribution in [1.29, 1.82) is 0 Å². The van der Waals surface area contributed by atoms with Gasteiger partial charge in [0.1, 0.15) is 11.5 Å². The van der Waals surface area contributed by atoms with Crippen LogP contribution >= 0.6 is 0 Å². The molecule has 0 aliphatic carbocycles. The quantitative estimate of drug-likeness (QED) is 0.614. The Kier molecular flexibility index (Phi) is 5.45. The van der Waals surface area contributed by atoms with Crippen LogP contribution in [0.5, 0.6) is 11.5 Å². The molecule has 1 aromatic carbocycles. The third-order valence-electron chi connectivity index (χ3n) is 2.66. The number of carbonyl (C=O) groups excluding carboxylic acids is 1. The lowest BCUT2D eigenvalue weighted by Gasteiger charge is -2.15. The molecule has 0 heterocycles. The summed E-state index contributed by atoms with van der Waals surface area (Å²) in [5.41, 5.74) is 0.698. The van der Waals surface area contributed by atoms with E-state index in [9.17, 15) is 15.0 Å². The van der Waals surface area contributed by atoms with Gasteiger partial charge in [-0.05, 0) is 19.9 Å². The van der Waals surface area contributed by atoms with Crippen LogP contribution in [-0.4, -0.2) is 29.2 Å². The molecule has 18 heavy (non-hydrogen) atoms. The molecular formula is C13H20N2O3. The van der Waals surface area contributed by atoms with Crippen molar-refractivity contribution in [2.24, 2.45) is 0 Å². The summed E-state index contributed by atoms with van der Waals surface area (Å²) < 4.78 is 0. The van der Waals surface area contributed by atoms with Crippen molar-refractivity contribution in [1.82, 2.24) is 10.6 Å². The summed E-state index contributed by atoms with van der Waals surface area (Å²) in [6.45, 7) is 4.94. The van der Waals surface area contributed by atoms with E-state index in [2.05, 4.69) is 10.6 Å². The number of nitrogens with one attached hydrogen (secondary N) is 2. The maximum Gasteiger partial charge on any atom is 0.221 e. The van der Waals surface area contributed by atoms with Gasteiger partial charge in [-0.3, -0.25) is 4.79 Å². The van der Waals surface area contributed by atoms with E-state index < -0.39 is 0 Å². The van der Waals surface area contributed by atoms with Gasteiger partial charge in [0, 0.05) is 37.2 Å². The summed E-state index contributed by atoms with van der Waals surface area (Å²) in [5.74, 6) is 0.0888. The van der Waals surface area contributed by atoms with E-state index in [4.69, 9.17) is 0 Å². The Morgan fingerprint density at radius 3 is 2.72 bits per heavy atom. The lowest BCUT2D eigenvalue weighted by atomic mass is 10.1. The van der Waals surface area contributed by atoms with E-state index in [1.165, 1.54) is 12.1 Å². The Morgan fingerprint density at radius 1 is 1.39 bits per heavy atom. The minimum atomic E-state index is -0.0833. The van der Waals surface area contributed by atoms with Crippen LogP contribution < -0.4 is 10.6 Å². The fourth-order valence-corrected chi connectivity index (χ4v) is 1.70. The first kappa shape index (κ1) is 14.3. The highest BCUT2D eigenvalue weighted by atomic mass is 16.3. The second-order valence-corrected chi connectivity index (χ2v) is 4.12. The monoisotopic (exact) mass is 252 g/mol. The van der Waals surface area contributed by atoms with Gasteiger partial charge in [0.25, 0.3) is 0 Å². The number of benzene rings is 1. The zero-order valence-electron chi connectivity index (χ0n) is 10.7. The zero-order valence-corrected chi connectivity index (χ0v) is 10.7. The van der Waals surface area contributed by atoms with Crippen LogP contribution in [0.15, 0.2) is 18.2 Å². The summed E-state index contributed by atoms with van der Waals surface area (Å²) in [4.78, 5) is 11.2. The molecule has 5 nitrogen and oxygen atoms in total. The van der Waals surface area contributed by atoms with Crippen molar-refractivity contribution in [3.8, 4) is 11.5 Å². The standard InChI is InChI=1S/C13H20N2O3/c1-3-14-13(18)6-7-15-9(2)11-5-4-10(16)8-12(11)17/h4-5,8-9,15-17H,3,6-7H2,1-2H3,(H,14,18). The molecule has 1 atom stereocenters. The van der Waals surface area contributed by atoms with Crippen molar-refractivity contribution < 1.29 is 15.0 Å². The average molecular weight is 252 g/mol. The molecule has 0 radical (unpaired) electrons. The Bertz CT molecular complexity index is 407. The Balaban J connectivity index is 2.45. The first-order chi connectivity index (χ1) is 8.54. The van der Waals surface area contributed by atoms with Gasteiger partial charge >= 0.3 is 0 Å². The molecule has 100 valence electrons. The van der Waals surface area contributed by atoms with Gasteiger partial charge in [0.05, 0.1) is 0 Å². The van der Waals surface area contributed by atoms with Crippen molar-refractivity contribution in [2.45, 2.75) is 26.3 Å². The predicted molar refractivity (Wildman–Crippen MR) is 69.5 cm³/mol. The fraction of sp³-hybridized carbons (Fsp3) is 0.462. The van der Waals surface area contributed by atoms with E-state index >= 15 is 0 Å². The summed E-state index contributed by atoms with van der Waals surface area (Å²) in [6, 6.07) is 4.41. The van der Waals surface area contributed by atoms with E-state index in [0.29, 0.717) is 25.1 Å². The highest BCUT2D eigenvalue weighted by molar-refractivity contribution is 5.75. The lowest BCUT2D eigenvalue weighted by Crippen LogP contribution is -2.28. The molecule has 0 spiro atoms. The number of aromatic hydroxyl groups is 2. The summed E-state index contributed by atoms with van der Waals surface area (Å²) in [6.07, 6.45) is 0.400. The van der Waals surface area contributed by atoms with Crippen molar-refractivity contribution in [3.05, 3.63) is 23.8 Å². The first-order valence-electron chi connectivity index (χ1n) is 6.06. The largest absolute Gasteiger partial charge is 0.508 e. The highest BCUT2D eigenvalue weighted by Gasteiger charge is 2.10. The van der Waals surface area contributed by atoms with Crippen molar-refractivity contribution in [3.63, 3.8) is 0 Å². The molecule has 1 rings (SSSR count). The van der Waals surface area contributed by atoms with Crippen molar-refractivity contribution >= 4 is 5.91 Å². The number of rotatable bonds is 6. The maximum absolute atomic E-state index is 11.2. The second-order valence-electron chi connectivity index (χ2n) is 4.12. The smallest absolute Gasteiger partial charge is 0.221 e. The Hall–Kier alpha value is -1.75. The third-order valence-corrected chi connectivity index (χ3v) is 2.66. The summed E-state index contributed by atoms with van der Waals surface area (Å²) in [5, 5.41) is 24.7. The average Bonchev–Trinajstić information content (AvgIpc) is 2.29. The number of phenols is 2. The number of carbonyl (C=O) groups is 1. The molecule has 5 heteroatoms. The van der Waals surface area contributed by atoms with Crippen LogP contribution in [0.1, 0.15) is 31.9 Å². The van der Waals surface area contributed by atoms with Crippen LogP contribution in [0.25, 0.3) is 0 Å². The number of hydrogen-bond acceptors (Lipinski definition) is 4. The molecule has 0 saturated carbocycles. The highest BCUT2D eigenvalue weighted by Crippen LogP contribution is 2.27. The molecule has 1 aromatic rings. The lowest BCUT2D eigenvalue weighted by molar-refractivity contribution is -0.120. The van der Waals surface area contributed by atoms with Gasteiger partial charge in [-0.25, -0.2) is 0 Å². The van der Waals surface area contributed by atoms with Crippen LogP contribution in [0.2, 0.25) is 0 Å². The molecule has 0 saturated heterocycles. The third kappa shape index (κ3) is 4.25. The van der Waals surface area contributed by atoms with E-state index in [0.717, 1.165) is 0 Å². The van der Waals surface area contributed by atoms with Crippen LogP contribution in [0, 0.1) is 0 Å². The minimum absolute atomic E-state index is 0.00660. The van der Waals surface area contributed by atoms with Gasteiger partial charge in [0.15, 0.2) is 0 Å². The molecule has 0 aromatic heterocycles. The molecular weight excluding hydrogens is 232 g/mol. The molecule has 0 aliphatic heterocycles. The van der Waals surface area contributed by atoms with Gasteiger partial charge < -0.3 is 20.8 Å². The van der Waals surface area contributed by atoms with Crippen LogP contribution in [-0.2, 0) is 4.79 Å². The SMILES string of the molecule is CCNC(=O)CCNC(C)c1ccc(O)cc1O. The number of hydrogen-bond donors (Lipinski definition) is 4. The predicted octanol–water partition coefficient (Wildman–Crippen LogP) is 1.27. The fourth-order valence-electron chi connectivity index (χ4n) is 1.70. The minimum Gasteiger partial charge on any atom is -0.508 e.